The van der Waals surface area contributed by atoms with Gasteiger partial charge in [0.05, 0.1) is 6.20 Å². The second-order valence-corrected chi connectivity index (χ2v) is 4.52. The van der Waals surface area contributed by atoms with E-state index in [1.54, 1.807) is 17.8 Å². The van der Waals surface area contributed by atoms with Crippen LogP contribution in [0.3, 0.4) is 0 Å². The van der Waals surface area contributed by atoms with E-state index >= 15 is 0 Å². The minimum absolute atomic E-state index is 0.129. The van der Waals surface area contributed by atoms with Gasteiger partial charge >= 0.3 is 5.97 Å². The van der Waals surface area contributed by atoms with Crippen molar-refractivity contribution in [3.63, 3.8) is 0 Å². The molecule has 84 valence electrons. The highest BCUT2D eigenvalue weighted by atomic mass is 32.1. The molecule has 0 bridgehead atoms. The maximum absolute atomic E-state index is 10.9. The molecule has 0 saturated carbocycles. The van der Waals surface area contributed by atoms with Crippen LogP contribution in [0, 0.1) is 6.92 Å². The molecule has 0 unspecified atom stereocenters. The van der Waals surface area contributed by atoms with Crippen LogP contribution in [0.4, 0.5) is 0 Å². The van der Waals surface area contributed by atoms with Crippen LogP contribution >= 0.6 is 11.3 Å². The number of aromatic carboxylic acids is 1. The maximum Gasteiger partial charge on any atom is 0.355 e. The average molecular weight is 237 g/mol. The van der Waals surface area contributed by atoms with Gasteiger partial charge in [0.2, 0.25) is 0 Å². The molecule has 0 atom stereocenters. The summed E-state index contributed by atoms with van der Waals surface area (Å²) in [6, 6.07) is 0. The van der Waals surface area contributed by atoms with Gasteiger partial charge in [-0.1, -0.05) is 0 Å². The third-order valence-electron chi connectivity index (χ3n) is 2.20. The molecular formula is C10H11N3O2S. The topological polar surface area (TPSA) is 68.0 Å². The number of thiazole rings is 1. The molecule has 0 radical (unpaired) electrons. The first-order valence-electron chi connectivity index (χ1n) is 4.85. The monoisotopic (exact) mass is 237 g/mol. The molecular weight excluding hydrogens is 226 g/mol. The smallest absolute Gasteiger partial charge is 0.355 e. The third-order valence-corrected chi connectivity index (χ3v) is 3.22. The zero-order valence-corrected chi connectivity index (χ0v) is 9.78. The van der Waals surface area contributed by atoms with E-state index < -0.39 is 5.97 Å². The zero-order chi connectivity index (χ0) is 11.7. The van der Waals surface area contributed by atoms with Crippen LogP contribution in [0.25, 0.3) is 10.6 Å². The van der Waals surface area contributed by atoms with E-state index in [1.807, 2.05) is 13.1 Å². The number of carboxylic acid groups (broad SMARTS) is 1. The molecule has 0 spiro atoms. The van der Waals surface area contributed by atoms with Gasteiger partial charge in [0, 0.05) is 23.2 Å². The molecule has 1 N–H and O–H groups in total. The number of carbonyl (C=O) groups is 1. The normalized spacial score (nSPS) is 10.6. The zero-order valence-electron chi connectivity index (χ0n) is 8.97. The quantitative estimate of drug-likeness (QED) is 0.886. The molecule has 2 aromatic heterocycles. The molecule has 2 heterocycles. The van der Waals surface area contributed by atoms with Crippen molar-refractivity contribution in [2.45, 2.75) is 20.4 Å². The molecule has 0 saturated heterocycles. The fourth-order valence-electron chi connectivity index (χ4n) is 1.37. The van der Waals surface area contributed by atoms with Crippen molar-refractivity contribution in [2.24, 2.45) is 0 Å². The summed E-state index contributed by atoms with van der Waals surface area (Å²) in [6.07, 6.45) is 3.57. The van der Waals surface area contributed by atoms with Crippen LogP contribution < -0.4 is 0 Å². The van der Waals surface area contributed by atoms with Gasteiger partial charge in [0.15, 0.2) is 5.69 Å². The van der Waals surface area contributed by atoms with Crippen LogP contribution in [0.2, 0.25) is 0 Å². The summed E-state index contributed by atoms with van der Waals surface area (Å²) in [5.74, 6) is -0.983. The Morgan fingerprint density at radius 3 is 2.88 bits per heavy atom. The van der Waals surface area contributed by atoms with Crippen molar-refractivity contribution in [1.82, 2.24) is 14.8 Å². The first-order valence-corrected chi connectivity index (χ1v) is 5.67. The van der Waals surface area contributed by atoms with Gasteiger partial charge in [-0.3, -0.25) is 4.68 Å². The fraction of sp³-hybridized carbons (Fsp3) is 0.300. The maximum atomic E-state index is 10.9. The van der Waals surface area contributed by atoms with Gasteiger partial charge in [0.1, 0.15) is 5.01 Å². The molecule has 0 aromatic carbocycles. The van der Waals surface area contributed by atoms with Gasteiger partial charge in [-0.15, -0.1) is 11.3 Å². The van der Waals surface area contributed by atoms with Crippen molar-refractivity contribution < 1.29 is 9.90 Å². The molecule has 2 rings (SSSR count). The SMILES string of the molecule is CCn1cc(-c2nc(C(=O)O)c(C)s2)cn1. The first-order chi connectivity index (χ1) is 7.61. The Bertz CT molecular complexity index is 530. The summed E-state index contributed by atoms with van der Waals surface area (Å²) in [7, 11) is 0. The summed E-state index contributed by atoms with van der Waals surface area (Å²) < 4.78 is 1.78. The second kappa shape index (κ2) is 4.05. The molecule has 0 aliphatic carbocycles. The van der Waals surface area contributed by atoms with Crippen LogP contribution in [0.1, 0.15) is 22.3 Å². The summed E-state index contributed by atoms with van der Waals surface area (Å²) in [4.78, 5) is 15.7. The van der Waals surface area contributed by atoms with E-state index in [9.17, 15) is 4.79 Å². The number of hydrogen-bond acceptors (Lipinski definition) is 4. The number of aryl methyl sites for hydroxylation is 2. The fourth-order valence-corrected chi connectivity index (χ4v) is 2.25. The Morgan fingerprint density at radius 1 is 1.62 bits per heavy atom. The minimum atomic E-state index is -0.983. The van der Waals surface area contributed by atoms with Gasteiger partial charge < -0.3 is 5.11 Å². The van der Waals surface area contributed by atoms with Crippen molar-refractivity contribution in [3.8, 4) is 10.6 Å². The standard InChI is InChI=1S/C10H11N3O2S/c1-3-13-5-7(4-11-13)9-12-8(10(14)15)6(2)16-9/h4-5H,3H2,1-2H3,(H,14,15). The molecule has 0 aliphatic heterocycles. The molecule has 5 nitrogen and oxygen atoms in total. The predicted octanol–water partition coefficient (Wildman–Crippen LogP) is 2.03. The molecule has 6 heteroatoms. The number of rotatable bonds is 3. The number of carboxylic acids is 1. The largest absolute Gasteiger partial charge is 0.476 e. The highest BCUT2D eigenvalue weighted by molar-refractivity contribution is 7.15. The summed E-state index contributed by atoms with van der Waals surface area (Å²) in [5.41, 5.74) is 0.992. The minimum Gasteiger partial charge on any atom is -0.476 e. The van der Waals surface area contributed by atoms with Crippen molar-refractivity contribution in [2.75, 3.05) is 0 Å². The predicted molar refractivity (Wildman–Crippen MR) is 60.7 cm³/mol. The summed E-state index contributed by atoms with van der Waals surface area (Å²) >= 11 is 1.37. The number of aromatic nitrogens is 3. The highest BCUT2D eigenvalue weighted by Crippen LogP contribution is 2.27. The van der Waals surface area contributed by atoms with Crippen molar-refractivity contribution in [1.29, 1.82) is 0 Å². The van der Waals surface area contributed by atoms with E-state index in [4.69, 9.17) is 5.11 Å². The van der Waals surface area contributed by atoms with E-state index in [0.717, 1.165) is 12.1 Å². The van der Waals surface area contributed by atoms with Crippen LogP contribution in [0.15, 0.2) is 12.4 Å². The molecule has 0 aliphatic rings. The number of nitrogens with zero attached hydrogens (tertiary/aromatic N) is 3. The molecule has 16 heavy (non-hydrogen) atoms. The lowest BCUT2D eigenvalue weighted by atomic mass is 10.3. The van der Waals surface area contributed by atoms with Gasteiger partial charge in [-0.2, -0.15) is 5.10 Å². The summed E-state index contributed by atoms with van der Waals surface area (Å²) in [5, 5.41) is 13.7. The van der Waals surface area contributed by atoms with E-state index in [-0.39, 0.29) is 5.69 Å². The first kappa shape index (κ1) is 10.8. The van der Waals surface area contributed by atoms with Crippen LogP contribution in [-0.2, 0) is 6.54 Å². The molecule has 0 amide bonds. The molecule has 2 aromatic rings. The lowest BCUT2D eigenvalue weighted by Crippen LogP contribution is -1.98. The van der Waals surface area contributed by atoms with E-state index in [2.05, 4.69) is 10.1 Å². The Hall–Kier alpha value is -1.69. The summed E-state index contributed by atoms with van der Waals surface area (Å²) in [6.45, 7) is 4.54. The number of hydrogen-bond donors (Lipinski definition) is 1. The van der Waals surface area contributed by atoms with Gasteiger partial charge in [-0.25, -0.2) is 9.78 Å². The van der Waals surface area contributed by atoms with E-state index in [1.165, 1.54) is 11.3 Å². The average Bonchev–Trinajstić information content (AvgIpc) is 2.83. The highest BCUT2D eigenvalue weighted by Gasteiger charge is 2.15. The van der Waals surface area contributed by atoms with E-state index in [0.29, 0.717) is 9.88 Å². The Labute approximate surface area is 96.4 Å². The molecule has 0 fully saturated rings. The Kier molecular flexibility index (Phi) is 2.74. The van der Waals surface area contributed by atoms with Gasteiger partial charge in [0.25, 0.3) is 0 Å². The second-order valence-electron chi connectivity index (χ2n) is 3.31. The lowest BCUT2D eigenvalue weighted by molar-refractivity contribution is 0.0690. The van der Waals surface area contributed by atoms with Crippen LogP contribution in [0.5, 0.6) is 0 Å². The Morgan fingerprint density at radius 2 is 2.38 bits per heavy atom. The Balaban J connectivity index is 2.41. The van der Waals surface area contributed by atoms with Gasteiger partial charge in [-0.05, 0) is 13.8 Å². The van der Waals surface area contributed by atoms with Crippen LogP contribution in [-0.4, -0.2) is 25.8 Å². The van der Waals surface area contributed by atoms with Crippen molar-refractivity contribution in [3.05, 3.63) is 23.0 Å². The third kappa shape index (κ3) is 1.83. The lowest BCUT2D eigenvalue weighted by Gasteiger charge is -1.90. The van der Waals surface area contributed by atoms with Crippen molar-refractivity contribution >= 4 is 17.3 Å².